The Labute approximate surface area is 120 Å². The van der Waals surface area contributed by atoms with Crippen molar-refractivity contribution in [3.05, 3.63) is 29.5 Å². The first-order valence-corrected chi connectivity index (χ1v) is 7.32. The Hall–Kier alpha value is -1.52. The smallest absolute Gasteiger partial charge is 0.143 e. The van der Waals surface area contributed by atoms with Gasteiger partial charge in [-0.15, -0.1) is 0 Å². The number of fused-ring (bicyclic) bond motifs is 3. The molecule has 0 spiro atoms. The topological polar surface area (TPSA) is 43.4 Å². The normalized spacial score (nSPS) is 15.6. The molecule has 1 aliphatic heterocycles. The van der Waals surface area contributed by atoms with E-state index in [2.05, 4.69) is 34.6 Å². The predicted molar refractivity (Wildman–Crippen MR) is 82.2 cm³/mol. The van der Waals surface area contributed by atoms with E-state index < -0.39 is 0 Å². The van der Waals surface area contributed by atoms with E-state index in [1.54, 1.807) is 7.11 Å². The summed E-state index contributed by atoms with van der Waals surface area (Å²) in [5.41, 5.74) is 9.56. The van der Waals surface area contributed by atoms with E-state index in [4.69, 9.17) is 10.5 Å². The van der Waals surface area contributed by atoms with Crippen molar-refractivity contribution in [1.82, 2.24) is 9.47 Å². The Balaban J connectivity index is 2.00. The molecule has 2 aromatic rings. The minimum Gasteiger partial charge on any atom is -0.495 e. The zero-order valence-electron chi connectivity index (χ0n) is 12.4. The number of nitrogens with zero attached hydrogens (tertiary/aromatic N) is 2. The standard InChI is InChI=1S/C16H23N3O/c1-12-4-5-15(20-2)16-14(12)10-13-11-18(7-3-6-17)8-9-19(13)16/h4-5,10H,3,6-9,11,17H2,1-2H3. The molecule has 0 unspecified atom stereocenters. The monoisotopic (exact) mass is 273 g/mol. The highest BCUT2D eigenvalue weighted by molar-refractivity contribution is 5.90. The van der Waals surface area contributed by atoms with E-state index in [1.165, 1.54) is 22.2 Å². The average Bonchev–Trinajstić information content (AvgIpc) is 2.85. The molecule has 0 atom stereocenters. The second-order valence-electron chi connectivity index (χ2n) is 5.55. The van der Waals surface area contributed by atoms with Gasteiger partial charge in [-0.05, 0) is 44.1 Å². The lowest BCUT2D eigenvalue weighted by Crippen LogP contribution is -2.34. The van der Waals surface area contributed by atoms with Gasteiger partial charge in [0.05, 0.1) is 12.6 Å². The number of nitrogens with two attached hydrogens (primary N) is 1. The lowest BCUT2D eigenvalue weighted by atomic mass is 10.1. The van der Waals surface area contributed by atoms with Gasteiger partial charge in [-0.2, -0.15) is 0 Å². The van der Waals surface area contributed by atoms with E-state index in [0.717, 1.165) is 44.9 Å². The molecule has 0 saturated heterocycles. The molecule has 4 nitrogen and oxygen atoms in total. The molecule has 1 aliphatic rings. The summed E-state index contributed by atoms with van der Waals surface area (Å²) in [6.45, 7) is 7.16. The SMILES string of the molecule is COc1ccc(C)c2cc3n(c12)CCN(CCCN)C3. The predicted octanol–water partition coefficient (Wildman–Crippen LogP) is 2.12. The van der Waals surface area contributed by atoms with Crippen LogP contribution in [0.25, 0.3) is 10.9 Å². The summed E-state index contributed by atoms with van der Waals surface area (Å²) in [4.78, 5) is 2.49. The molecule has 0 amide bonds. The highest BCUT2D eigenvalue weighted by Gasteiger charge is 2.20. The summed E-state index contributed by atoms with van der Waals surface area (Å²) in [5, 5.41) is 1.32. The van der Waals surface area contributed by atoms with Gasteiger partial charge in [0, 0.05) is 30.7 Å². The minimum atomic E-state index is 0.770. The Morgan fingerprint density at radius 2 is 2.15 bits per heavy atom. The van der Waals surface area contributed by atoms with Crippen molar-refractivity contribution in [3.8, 4) is 5.75 Å². The maximum absolute atomic E-state index is 5.61. The second kappa shape index (κ2) is 5.46. The summed E-state index contributed by atoms with van der Waals surface area (Å²) < 4.78 is 7.96. The van der Waals surface area contributed by atoms with Crippen LogP contribution in [0.1, 0.15) is 17.7 Å². The molecular weight excluding hydrogens is 250 g/mol. The number of aromatic nitrogens is 1. The molecule has 0 saturated carbocycles. The van der Waals surface area contributed by atoms with Crippen LogP contribution in [0, 0.1) is 6.92 Å². The molecule has 108 valence electrons. The van der Waals surface area contributed by atoms with Gasteiger partial charge in [0.25, 0.3) is 0 Å². The van der Waals surface area contributed by atoms with Crippen molar-refractivity contribution in [3.63, 3.8) is 0 Å². The van der Waals surface area contributed by atoms with Gasteiger partial charge in [0.2, 0.25) is 0 Å². The zero-order valence-corrected chi connectivity index (χ0v) is 12.4. The molecule has 0 aliphatic carbocycles. The lowest BCUT2D eigenvalue weighted by molar-refractivity contribution is 0.222. The van der Waals surface area contributed by atoms with Gasteiger partial charge in [-0.3, -0.25) is 4.90 Å². The molecular formula is C16H23N3O. The third kappa shape index (κ3) is 2.19. The van der Waals surface area contributed by atoms with Crippen molar-refractivity contribution in [1.29, 1.82) is 0 Å². The number of rotatable bonds is 4. The maximum Gasteiger partial charge on any atom is 0.143 e. The van der Waals surface area contributed by atoms with Crippen LogP contribution in [0.3, 0.4) is 0 Å². The minimum absolute atomic E-state index is 0.770. The summed E-state index contributed by atoms with van der Waals surface area (Å²) in [7, 11) is 1.75. The first-order valence-electron chi connectivity index (χ1n) is 7.32. The van der Waals surface area contributed by atoms with Crippen molar-refractivity contribution < 1.29 is 4.74 Å². The Bertz CT molecular complexity index is 618. The number of methoxy groups -OCH3 is 1. The van der Waals surface area contributed by atoms with Crippen LogP contribution in [0.15, 0.2) is 18.2 Å². The van der Waals surface area contributed by atoms with Gasteiger partial charge in [0.1, 0.15) is 5.75 Å². The summed E-state index contributed by atoms with van der Waals surface area (Å²) in [5.74, 6) is 0.979. The molecule has 20 heavy (non-hydrogen) atoms. The van der Waals surface area contributed by atoms with Crippen LogP contribution in [-0.4, -0.2) is 36.2 Å². The molecule has 3 rings (SSSR count). The molecule has 0 fully saturated rings. The Kier molecular flexibility index (Phi) is 3.68. The van der Waals surface area contributed by atoms with Crippen molar-refractivity contribution >= 4 is 10.9 Å². The fourth-order valence-electron chi connectivity index (χ4n) is 3.14. The first-order chi connectivity index (χ1) is 9.74. The number of benzene rings is 1. The number of hydrogen-bond acceptors (Lipinski definition) is 3. The molecule has 0 bridgehead atoms. The van der Waals surface area contributed by atoms with Crippen LogP contribution in [-0.2, 0) is 13.1 Å². The molecule has 0 radical (unpaired) electrons. The molecule has 1 aromatic carbocycles. The number of ether oxygens (including phenoxy) is 1. The van der Waals surface area contributed by atoms with E-state index in [9.17, 15) is 0 Å². The quantitative estimate of drug-likeness (QED) is 0.928. The van der Waals surface area contributed by atoms with Crippen LogP contribution in [0.2, 0.25) is 0 Å². The van der Waals surface area contributed by atoms with Crippen molar-refractivity contribution in [2.24, 2.45) is 5.73 Å². The Morgan fingerprint density at radius 3 is 2.90 bits per heavy atom. The van der Waals surface area contributed by atoms with Gasteiger partial charge in [0.15, 0.2) is 0 Å². The average molecular weight is 273 g/mol. The van der Waals surface area contributed by atoms with Crippen LogP contribution >= 0.6 is 0 Å². The van der Waals surface area contributed by atoms with E-state index in [0.29, 0.717) is 0 Å². The summed E-state index contributed by atoms with van der Waals surface area (Å²) >= 11 is 0. The van der Waals surface area contributed by atoms with E-state index in [-0.39, 0.29) is 0 Å². The van der Waals surface area contributed by atoms with Gasteiger partial charge in [-0.1, -0.05) is 6.07 Å². The maximum atomic E-state index is 5.61. The molecule has 2 heterocycles. The van der Waals surface area contributed by atoms with Crippen LogP contribution in [0.5, 0.6) is 5.75 Å². The van der Waals surface area contributed by atoms with Crippen LogP contribution in [0.4, 0.5) is 0 Å². The Morgan fingerprint density at radius 1 is 1.30 bits per heavy atom. The zero-order chi connectivity index (χ0) is 14.1. The highest BCUT2D eigenvalue weighted by Crippen LogP contribution is 2.33. The van der Waals surface area contributed by atoms with Crippen molar-refractivity contribution in [2.45, 2.75) is 26.4 Å². The van der Waals surface area contributed by atoms with E-state index in [1.807, 2.05) is 0 Å². The number of aryl methyl sites for hydroxylation is 1. The lowest BCUT2D eigenvalue weighted by Gasteiger charge is -2.28. The van der Waals surface area contributed by atoms with Gasteiger partial charge < -0.3 is 15.0 Å². The fourth-order valence-corrected chi connectivity index (χ4v) is 3.14. The molecule has 4 heteroatoms. The number of hydrogen-bond donors (Lipinski definition) is 1. The molecule has 1 aromatic heterocycles. The van der Waals surface area contributed by atoms with Gasteiger partial charge in [-0.25, -0.2) is 0 Å². The first kappa shape index (κ1) is 13.5. The second-order valence-corrected chi connectivity index (χ2v) is 5.55. The third-order valence-electron chi connectivity index (χ3n) is 4.25. The van der Waals surface area contributed by atoms with Gasteiger partial charge >= 0.3 is 0 Å². The summed E-state index contributed by atoms with van der Waals surface area (Å²) in [6, 6.07) is 6.53. The van der Waals surface area contributed by atoms with E-state index >= 15 is 0 Å². The third-order valence-corrected chi connectivity index (χ3v) is 4.25. The highest BCUT2D eigenvalue weighted by atomic mass is 16.5. The fraction of sp³-hybridized carbons (Fsp3) is 0.500. The van der Waals surface area contributed by atoms with Crippen LogP contribution < -0.4 is 10.5 Å². The summed E-state index contributed by atoms with van der Waals surface area (Å²) in [6.07, 6.45) is 1.07. The van der Waals surface area contributed by atoms with Crippen molar-refractivity contribution in [2.75, 3.05) is 26.7 Å². The largest absolute Gasteiger partial charge is 0.495 e. The molecule has 2 N–H and O–H groups in total.